The van der Waals surface area contributed by atoms with E-state index in [1.165, 1.54) is 0 Å². The summed E-state index contributed by atoms with van der Waals surface area (Å²) < 4.78 is 165. The first-order valence-electron chi connectivity index (χ1n) is 18.7. The van der Waals surface area contributed by atoms with E-state index >= 15 is 0 Å². The predicted molar refractivity (Wildman–Crippen MR) is 132 cm³/mol. The molecule has 0 aliphatic rings. The third-order valence-corrected chi connectivity index (χ3v) is 5.18. The van der Waals surface area contributed by atoms with Gasteiger partial charge >= 0.3 is 0 Å². The summed E-state index contributed by atoms with van der Waals surface area (Å²) in [4.78, 5) is 0. The molecule has 0 spiro atoms. The number of nitrogens with zero attached hydrogens (tertiary/aromatic N) is 1. The molecule has 31 heavy (non-hydrogen) atoms. The molecular formula is C30H19N. The van der Waals surface area contributed by atoms with Crippen LogP contribution in [0.2, 0.25) is 0 Å². The smallest absolute Gasteiger partial charge is 0.0651 e. The van der Waals surface area contributed by atoms with Crippen molar-refractivity contribution in [3.05, 3.63) is 115 Å². The van der Waals surface area contributed by atoms with E-state index in [4.69, 9.17) is 24.7 Å². The Morgan fingerprint density at radius 1 is 0.452 bits per heavy atom. The molecular weight excluding hydrogens is 374 g/mol. The Hall–Kier alpha value is -4.10. The molecule has 1 aromatic heterocycles. The zero-order valence-corrected chi connectivity index (χ0v) is 15.4. The standard InChI is InChI=1S/C30H19N/c1-2-9-20(10-3-1)21-11-6-12-22(19-21)31-27-17-7-15-25-23-13-4-5-14-24(23)26-16-8-18-28(31)30(26)29(25)27/h1-19H/i1D,2D,3D,4D,5D,6D,7D,8D,9D,10D,11D,12D,13D,14D,15D,16D,17D,18D,19D. The van der Waals surface area contributed by atoms with Crippen LogP contribution in [-0.2, 0) is 0 Å². The minimum absolute atomic E-state index is 0.148. The fourth-order valence-corrected chi connectivity index (χ4v) is 3.96. The van der Waals surface area contributed by atoms with Crippen molar-refractivity contribution in [1.29, 1.82) is 0 Å². The van der Waals surface area contributed by atoms with E-state index in [2.05, 4.69) is 0 Å². The summed E-state index contributed by atoms with van der Waals surface area (Å²) in [6.07, 6.45) is 0. The van der Waals surface area contributed by atoms with E-state index in [0.717, 1.165) is 4.57 Å². The van der Waals surface area contributed by atoms with Crippen LogP contribution in [0.4, 0.5) is 0 Å². The van der Waals surface area contributed by atoms with E-state index < -0.39 is 132 Å². The zero-order chi connectivity index (χ0) is 36.9. The molecule has 0 saturated heterocycles. The minimum atomic E-state index is -0.879. The summed E-state index contributed by atoms with van der Waals surface area (Å²) in [5.41, 5.74) is -2.69. The number of rotatable bonds is 2. The fraction of sp³-hybridized carbons (Fsp3) is 0. The van der Waals surface area contributed by atoms with Gasteiger partial charge in [0.25, 0.3) is 0 Å². The summed E-state index contributed by atoms with van der Waals surface area (Å²) in [6, 6.07) is -14.3. The Morgan fingerprint density at radius 3 is 1.61 bits per heavy atom. The average molecular weight is 413 g/mol. The molecule has 7 rings (SSSR count). The number of hydrogen-bond donors (Lipinski definition) is 0. The normalized spacial score (nSPS) is 20.5. The summed E-state index contributed by atoms with van der Waals surface area (Å²) in [7, 11) is 0. The van der Waals surface area contributed by atoms with Crippen LogP contribution in [0.5, 0.6) is 0 Å². The van der Waals surface area contributed by atoms with Gasteiger partial charge in [-0.3, -0.25) is 0 Å². The lowest BCUT2D eigenvalue weighted by atomic mass is 9.95. The van der Waals surface area contributed by atoms with Crippen molar-refractivity contribution in [2.45, 2.75) is 0 Å². The third kappa shape index (κ3) is 2.26. The number of benzene rings is 6. The van der Waals surface area contributed by atoms with Gasteiger partial charge in [-0.05, 0) is 56.8 Å². The van der Waals surface area contributed by atoms with Crippen molar-refractivity contribution in [1.82, 2.24) is 4.57 Å². The molecule has 0 radical (unpaired) electrons. The maximum Gasteiger partial charge on any atom is 0.0651 e. The Balaban J connectivity index is 1.87. The van der Waals surface area contributed by atoms with Crippen LogP contribution < -0.4 is 0 Å². The van der Waals surface area contributed by atoms with E-state index in [-0.39, 0.29) is 43.4 Å². The number of hydrogen-bond acceptors (Lipinski definition) is 0. The Bertz CT molecular complexity index is 2600. The van der Waals surface area contributed by atoms with Crippen LogP contribution in [-0.4, -0.2) is 4.57 Å². The molecule has 0 N–H and O–H groups in total. The summed E-state index contributed by atoms with van der Waals surface area (Å²) in [5, 5.41) is -1.41. The second-order valence-corrected chi connectivity index (χ2v) is 6.76. The predicted octanol–water partition coefficient (Wildman–Crippen LogP) is 8.19. The Labute approximate surface area is 206 Å². The third-order valence-electron chi connectivity index (χ3n) is 5.18. The largest absolute Gasteiger partial charge is 0.309 e. The van der Waals surface area contributed by atoms with Gasteiger partial charge in [0.15, 0.2) is 0 Å². The van der Waals surface area contributed by atoms with E-state index in [1.54, 1.807) is 0 Å². The van der Waals surface area contributed by atoms with Crippen molar-refractivity contribution < 1.29 is 26.0 Å². The maximum absolute atomic E-state index is 9.31. The van der Waals surface area contributed by atoms with Gasteiger partial charge in [-0.2, -0.15) is 0 Å². The van der Waals surface area contributed by atoms with Crippen LogP contribution in [0, 0.1) is 0 Å². The molecule has 0 saturated carbocycles. The second kappa shape index (κ2) is 6.20. The molecule has 0 atom stereocenters. The van der Waals surface area contributed by atoms with Crippen molar-refractivity contribution in [2.75, 3.05) is 0 Å². The monoisotopic (exact) mass is 412 g/mol. The molecule has 0 aliphatic carbocycles. The van der Waals surface area contributed by atoms with E-state index in [1.807, 2.05) is 0 Å². The number of fused-ring (bicyclic) bond motifs is 3. The van der Waals surface area contributed by atoms with Crippen molar-refractivity contribution in [2.24, 2.45) is 0 Å². The molecule has 0 aliphatic heterocycles. The molecule has 1 heterocycles. The number of aromatic nitrogens is 1. The van der Waals surface area contributed by atoms with Crippen LogP contribution in [0.3, 0.4) is 0 Å². The van der Waals surface area contributed by atoms with E-state index in [9.17, 15) is 1.37 Å². The molecule has 7 aromatic rings. The Morgan fingerprint density at radius 2 is 0.968 bits per heavy atom. The lowest BCUT2D eigenvalue weighted by Gasteiger charge is -2.10. The molecule has 0 amide bonds. The van der Waals surface area contributed by atoms with Crippen molar-refractivity contribution >= 4 is 43.4 Å². The highest BCUT2D eigenvalue weighted by molar-refractivity contribution is 6.34. The van der Waals surface area contributed by atoms with Gasteiger partial charge in [0, 0.05) is 16.5 Å². The molecule has 6 aromatic carbocycles. The van der Waals surface area contributed by atoms with Gasteiger partial charge in [0.1, 0.15) is 0 Å². The highest BCUT2D eigenvalue weighted by Crippen LogP contribution is 2.43. The first-order chi connectivity index (χ1) is 23.3. The van der Waals surface area contributed by atoms with Crippen LogP contribution >= 0.6 is 0 Å². The zero-order valence-electron chi connectivity index (χ0n) is 34.4. The SMILES string of the molecule is [2H]c1c([2H])c([2H])c(-c2c([2H])c([2H])c([2H])c(-n3c4c([2H])c([2H])c([2H])c5c6c([2H])c([2H])c([2H])c([2H])c6c6c([2H])c([2H])c([2H])c3c6c54)c2[2H])c([2H])c1[2H]. The first-order valence-corrected chi connectivity index (χ1v) is 9.17. The van der Waals surface area contributed by atoms with Gasteiger partial charge in [0.2, 0.25) is 0 Å². The van der Waals surface area contributed by atoms with Crippen LogP contribution in [0.25, 0.3) is 60.2 Å². The molecule has 0 unspecified atom stereocenters. The lowest BCUT2D eigenvalue weighted by Crippen LogP contribution is -1.94. The van der Waals surface area contributed by atoms with Gasteiger partial charge in [-0.1, -0.05) is 90.6 Å². The maximum atomic E-state index is 9.31. The van der Waals surface area contributed by atoms with Gasteiger partial charge < -0.3 is 4.57 Å². The molecule has 1 heteroatoms. The lowest BCUT2D eigenvalue weighted by molar-refractivity contribution is 1.18. The average Bonchev–Trinajstić information content (AvgIpc) is 3.43. The summed E-state index contributed by atoms with van der Waals surface area (Å²) in [5.74, 6) is 0. The van der Waals surface area contributed by atoms with Crippen molar-refractivity contribution in [3.63, 3.8) is 0 Å². The highest BCUT2D eigenvalue weighted by atomic mass is 15.0. The van der Waals surface area contributed by atoms with Crippen LogP contribution in [0.1, 0.15) is 26.0 Å². The van der Waals surface area contributed by atoms with E-state index in [0.29, 0.717) is 0 Å². The fourth-order valence-electron chi connectivity index (χ4n) is 3.96. The van der Waals surface area contributed by atoms with Gasteiger partial charge in [-0.25, -0.2) is 0 Å². The van der Waals surface area contributed by atoms with Crippen molar-refractivity contribution in [3.8, 4) is 16.8 Å². The summed E-state index contributed by atoms with van der Waals surface area (Å²) >= 11 is 0. The van der Waals surface area contributed by atoms with Gasteiger partial charge in [-0.15, -0.1) is 0 Å². The molecule has 0 bridgehead atoms. The topological polar surface area (TPSA) is 4.93 Å². The summed E-state index contributed by atoms with van der Waals surface area (Å²) in [6.45, 7) is 0. The van der Waals surface area contributed by atoms with Crippen LogP contribution in [0.15, 0.2) is 115 Å². The quantitative estimate of drug-likeness (QED) is 0.252. The molecule has 0 fully saturated rings. The van der Waals surface area contributed by atoms with Gasteiger partial charge in [0.05, 0.1) is 37.1 Å². The minimum Gasteiger partial charge on any atom is -0.309 e. The Kier molecular flexibility index (Phi) is 1.34. The first kappa shape index (κ1) is 6.70. The molecule has 144 valence electrons. The molecule has 1 nitrogen and oxygen atoms in total. The highest BCUT2D eigenvalue weighted by Gasteiger charge is 2.19. The second-order valence-electron chi connectivity index (χ2n) is 6.76.